The summed E-state index contributed by atoms with van der Waals surface area (Å²) in [4.78, 5) is 14.8. The van der Waals surface area contributed by atoms with Crippen molar-refractivity contribution in [3.8, 4) is 0 Å². The Hall–Kier alpha value is -1.65. The molecule has 1 amide bonds. The van der Waals surface area contributed by atoms with Gasteiger partial charge in [-0.25, -0.2) is 0 Å². The van der Waals surface area contributed by atoms with E-state index in [-0.39, 0.29) is 5.91 Å². The molecule has 0 aliphatic rings. The largest absolute Gasteiger partial charge is 0.344 e. The highest BCUT2D eigenvalue weighted by Crippen LogP contribution is 2.18. The fourth-order valence-corrected chi connectivity index (χ4v) is 2.60. The van der Waals surface area contributed by atoms with E-state index in [1.54, 1.807) is 11.9 Å². The Balaban J connectivity index is 1.89. The summed E-state index contributed by atoms with van der Waals surface area (Å²) < 4.78 is 0. The SMILES string of the molecule is CN(CCc1ccccc1)C(=O)C(N)c1cccs1. The number of rotatable bonds is 5. The number of thiophene rings is 1. The number of hydrogen-bond acceptors (Lipinski definition) is 3. The van der Waals surface area contributed by atoms with Crippen LogP contribution in [0, 0.1) is 0 Å². The fraction of sp³-hybridized carbons (Fsp3) is 0.267. The summed E-state index contributed by atoms with van der Waals surface area (Å²) in [6.45, 7) is 0.682. The van der Waals surface area contributed by atoms with Crippen LogP contribution in [-0.2, 0) is 11.2 Å². The summed E-state index contributed by atoms with van der Waals surface area (Å²) in [6, 6.07) is 13.4. The van der Waals surface area contributed by atoms with Gasteiger partial charge in [-0.2, -0.15) is 0 Å². The van der Waals surface area contributed by atoms with Crippen LogP contribution in [0.25, 0.3) is 0 Å². The molecule has 1 atom stereocenters. The normalized spacial score (nSPS) is 12.1. The van der Waals surface area contributed by atoms with Crippen molar-refractivity contribution < 1.29 is 4.79 Å². The van der Waals surface area contributed by atoms with Gasteiger partial charge < -0.3 is 10.6 Å². The maximum Gasteiger partial charge on any atom is 0.244 e. The highest BCUT2D eigenvalue weighted by atomic mass is 32.1. The molecular formula is C15H18N2OS. The van der Waals surface area contributed by atoms with E-state index in [2.05, 4.69) is 12.1 Å². The second-order valence-electron chi connectivity index (χ2n) is 4.49. The lowest BCUT2D eigenvalue weighted by atomic mass is 10.1. The highest BCUT2D eigenvalue weighted by molar-refractivity contribution is 7.10. The molecule has 0 aliphatic heterocycles. The van der Waals surface area contributed by atoms with Crippen molar-refractivity contribution >= 4 is 17.2 Å². The number of hydrogen-bond donors (Lipinski definition) is 1. The second-order valence-corrected chi connectivity index (χ2v) is 5.47. The minimum absolute atomic E-state index is 0.0293. The Labute approximate surface area is 117 Å². The molecule has 0 fully saturated rings. The van der Waals surface area contributed by atoms with Gasteiger partial charge in [0.2, 0.25) is 5.91 Å². The molecule has 1 heterocycles. The lowest BCUT2D eigenvalue weighted by molar-refractivity contribution is -0.131. The van der Waals surface area contributed by atoms with Crippen LogP contribution in [0.2, 0.25) is 0 Å². The minimum atomic E-state index is -0.541. The van der Waals surface area contributed by atoms with E-state index >= 15 is 0 Å². The third kappa shape index (κ3) is 3.66. The van der Waals surface area contributed by atoms with Gasteiger partial charge >= 0.3 is 0 Å². The third-order valence-corrected chi connectivity index (χ3v) is 4.03. The molecule has 0 radical (unpaired) electrons. The third-order valence-electron chi connectivity index (χ3n) is 3.07. The van der Waals surface area contributed by atoms with Crippen molar-refractivity contribution in [3.63, 3.8) is 0 Å². The summed E-state index contributed by atoms with van der Waals surface area (Å²) >= 11 is 1.52. The molecule has 100 valence electrons. The zero-order chi connectivity index (χ0) is 13.7. The summed E-state index contributed by atoms with van der Waals surface area (Å²) in [7, 11) is 1.80. The standard InChI is InChI=1S/C15H18N2OS/c1-17(10-9-12-6-3-2-4-7-12)15(18)14(16)13-8-5-11-19-13/h2-8,11,14H,9-10,16H2,1H3. The zero-order valence-electron chi connectivity index (χ0n) is 11.0. The Morgan fingerprint density at radius 1 is 1.26 bits per heavy atom. The molecule has 3 nitrogen and oxygen atoms in total. The first kappa shape index (κ1) is 13.8. The van der Waals surface area contributed by atoms with Crippen LogP contribution < -0.4 is 5.73 Å². The van der Waals surface area contributed by atoms with Gasteiger partial charge in [0.15, 0.2) is 0 Å². The molecule has 2 rings (SSSR count). The van der Waals surface area contributed by atoms with Crippen molar-refractivity contribution in [3.05, 3.63) is 58.3 Å². The van der Waals surface area contributed by atoms with E-state index < -0.39 is 6.04 Å². The Morgan fingerprint density at radius 3 is 2.63 bits per heavy atom. The predicted molar refractivity (Wildman–Crippen MR) is 79.0 cm³/mol. The molecule has 2 aromatic rings. The van der Waals surface area contributed by atoms with Gasteiger partial charge in [-0.05, 0) is 23.4 Å². The summed E-state index contributed by atoms with van der Waals surface area (Å²) in [6.07, 6.45) is 0.847. The number of nitrogens with two attached hydrogens (primary N) is 1. The quantitative estimate of drug-likeness (QED) is 0.910. The van der Waals surface area contributed by atoms with Crippen molar-refractivity contribution in [2.75, 3.05) is 13.6 Å². The van der Waals surface area contributed by atoms with E-state index in [1.807, 2.05) is 35.7 Å². The number of amides is 1. The van der Waals surface area contributed by atoms with E-state index in [4.69, 9.17) is 5.73 Å². The first-order valence-corrected chi connectivity index (χ1v) is 7.14. The van der Waals surface area contributed by atoms with Gasteiger partial charge in [0.1, 0.15) is 6.04 Å². The number of nitrogens with zero attached hydrogens (tertiary/aromatic N) is 1. The Morgan fingerprint density at radius 2 is 2.00 bits per heavy atom. The lowest BCUT2D eigenvalue weighted by Crippen LogP contribution is -2.36. The van der Waals surface area contributed by atoms with Crippen LogP contribution >= 0.6 is 11.3 Å². The summed E-state index contributed by atoms with van der Waals surface area (Å²) in [5.41, 5.74) is 7.20. The monoisotopic (exact) mass is 274 g/mol. The van der Waals surface area contributed by atoms with E-state index in [0.29, 0.717) is 6.54 Å². The maximum absolute atomic E-state index is 12.2. The van der Waals surface area contributed by atoms with Gasteiger partial charge in [0.05, 0.1) is 0 Å². The van der Waals surface area contributed by atoms with Gasteiger partial charge in [0, 0.05) is 18.5 Å². The van der Waals surface area contributed by atoms with Crippen LogP contribution in [0.5, 0.6) is 0 Å². The topological polar surface area (TPSA) is 46.3 Å². The number of carbonyl (C=O) groups is 1. The van der Waals surface area contributed by atoms with Crippen molar-refractivity contribution in [2.24, 2.45) is 5.73 Å². The van der Waals surface area contributed by atoms with Crippen LogP contribution in [0.3, 0.4) is 0 Å². The van der Waals surface area contributed by atoms with Crippen LogP contribution in [0.15, 0.2) is 47.8 Å². The van der Waals surface area contributed by atoms with Crippen molar-refractivity contribution in [1.29, 1.82) is 0 Å². The molecule has 1 unspecified atom stereocenters. The lowest BCUT2D eigenvalue weighted by Gasteiger charge is -2.20. The zero-order valence-corrected chi connectivity index (χ0v) is 11.8. The second kappa shape index (κ2) is 6.50. The molecule has 2 N–H and O–H groups in total. The average molecular weight is 274 g/mol. The van der Waals surface area contributed by atoms with Crippen LogP contribution in [-0.4, -0.2) is 24.4 Å². The molecule has 0 saturated carbocycles. The highest BCUT2D eigenvalue weighted by Gasteiger charge is 2.20. The maximum atomic E-state index is 12.2. The fourth-order valence-electron chi connectivity index (χ4n) is 1.88. The van der Waals surface area contributed by atoms with Crippen LogP contribution in [0.4, 0.5) is 0 Å². The molecule has 0 saturated heterocycles. The van der Waals surface area contributed by atoms with Gasteiger partial charge in [0.25, 0.3) is 0 Å². The first-order valence-electron chi connectivity index (χ1n) is 6.26. The summed E-state index contributed by atoms with van der Waals surface area (Å²) in [5.74, 6) is -0.0293. The molecule has 1 aromatic heterocycles. The predicted octanol–water partition coefficient (Wildman–Crippen LogP) is 2.45. The van der Waals surface area contributed by atoms with Crippen molar-refractivity contribution in [2.45, 2.75) is 12.5 Å². The molecule has 19 heavy (non-hydrogen) atoms. The Bertz CT molecular complexity index is 510. The molecule has 0 aliphatic carbocycles. The first-order chi connectivity index (χ1) is 9.18. The van der Waals surface area contributed by atoms with E-state index in [1.165, 1.54) is 16.9 Å². The molecule has 4 heteroatoms. The molecule has 1 aromatic carbocycles. The average Bonchev–Trinajstić information content (AvgIpc) is 2.98. The van der Waals surface area contributed by atoms with E-state index in [0.717, 1.165) is 11.3 Å². The number of carbonyl (C=O) groups excluding carboxylic acids is 1. The van der Waals surface area contributed by atoms with E-state index in [9.17, 15) is 4.79 Å². The molecular weight excluding hydrogens is 256 g/mol. The van der Waals surface area contributed by atoms with Gasteiger partial charge in [-0.3, -0.25) is 4.79 Å². The summed E-state index contributed by atoms with van der Waals surface area (Å²) in [5, 5.41) is 1.94. The smallest absolute Gasteiger partial charge is 0.244 e. The number of benzene rings is 1. The van der Waals surface area contributed by atoms with Crippen molar-refractivity contribution in [1.82, 2.24) is 4.90 Å². The van der Waals surface area contributed by atoms with Crippen LogP contribution in [0.1, 0.15) is 16.5 Å². The molecule has 0 spiro atoms. The minimum Gasteiger partial charge on any atom is -0.344 e. The van der Waals surface area contributed by atoms with Gasteiger partial charge in [-0.15, -0.1) is 11.3 Å². The Kier molecular flexibility index (Phi) is 4.71. The van der Waals surface area contributed by atoms with Gasteiger partial charge in [-0.1, -0.05) is 36.4 Å². The molecule has 0 bridgehead atoms. The number of likely N-dealkylation sites (N-methyl/N-ethyl adjacent to an activating group) is 1.